The molecule has 1 aliphatic carbocycles. The highest BCUT2D eigenvalue weighted by atomic mass is 32.1. The summed E-state index contributed by atoms with van der Waals surface area (Å²) in [4.78, 5) is 25.7. The van der Waals surface area contributed by atoms with Crippen molar-refractivity contribution in [2.75, 3.05) is 6.54 Å². The molecule has 0 bridgehead atoms. The normalized spacial score (nSPS) is 14.7. The Labute approximate surface area is 144 Å². The quantitative estimate of drug-likeness (QED) is 0.845. The molecule has 24 heavy (non-hydrogen) atoms. The van der Waals surface area contributed by atoms with Crippen LogP contribution >= 0.6 is 11.3 Å². The van der Waals surface area contributed by atoms with E-state index in [1.54, 1.807) is 0 Å². The van der Waals surface area contributed by atoms with E-state index >= 15 is 0 Å². The van der Waals surface area contributed by atoms with Crippen LogP contribution in [0.4, 0.5) is 0 Å². The van der Waals surface area contributed by atoms with Crippen LogP contribution in [0, 0.1) is 6.92 Å². The summed E-state index contributed by atoms with van der Waals surface area (Å²) < 4.78 is 1.82. The minimum atomic E-state index is -0.179. The van der Waals surface area contributed by atoms with Crippen molar-refractivity contribution >= 4 is 27.5 Å². The van der Waals surface area contributed by atoms with Crippen molar-refractivity contribution in [2.24, 2.45) is 0 Å². The third-order valence-corrected chi connectivity index (χ3v) is 5.47. The molecule has 0 aliphatic heterocycles. The predicted molar refractivity (Wildman–Crippen MR) is 95.6 cm³/mol. The summed E-state index contributed by atoms with van der Waals surface area (Å²) in [5.41, 5.74) is 2.16. The lowest BCUT2D eigenvalue weighted by molar-refractivity contribution is 0.0955. The van der Waals surface area contributed by atoms with Gasteiger partial charge in [0.1, 0.15) is 10.2 Å². The van der Waals surface area contributed by atoms with Crippen molar-refractivity contribution in [3.63, 3.8) is 0 Å². The van der Waals surface area contributed by atoms with Gasteiger partial charge in [-0.1, -0.05) is 16.9 Å². The number of amides is 1. The van der Waals surface area contributed by atoms with E-state index in [-0.39, 0.29) is 11.5 Å². The average molecular weight is 346 g/mol. The lowest BCUT2D eigenvalue weighted by atomic mass is 9.97. The van der Waals surface area contributed by atoms with E-state index in [0.717, 1.165) is 24.1 Å². The van der Waals surface area contributed by atoms with Gasteiger partial charge in [-0.3, -0.25) is 9.59 Å². The highest BCUT2D eigenvalue weighted by molar-refractivity contribution is 7.19. The molecule has 7 heteroatoms. The molecule has 2 heterocycles. The summed E-state index contributed by atoms with van der Waals surface area (Å²) in [6.45, 7) is 4.77. The number of nitrogens with one attached hydrogen (secondary N) is 1. The van der Waals surface area contributed by atoms with E-state index in [9.17, 15) is 9.59 Å². The standard InChI is InChI=1S/C17H22N4O2S/c1-3-21-17(23)15-14(19-20-21)13(11(2)24-15)16(22)18-10-9-12-7-5-4-6-8-12/h7H,3-6,8-10H2,1-2H3,(H,18,22). The van der Waals surface area contributed by atoms with Gasteiger partial charge in [-0.15, -0.1) is 16.4 Å². The number of allylic oxidation sites excluding steroid dienone is 1. The van der Waals surface area contributed by atoms with E-state index in [0.29, 0.717) is 28.9 Å². The van der Waals surface area contributed by atoms with Crippen molar-refractivity contribution in [2.45, 2.75) is 52.5 Å². The van der Waals surface area contributed by atoms with Gasteiger partial charge in [-0.05, 0) is 46.0 Å². The van der Waals surface area contributed by atoms with Gasteiger partial charge in [0.15, 0.2) is 0 Å². The highest BCUT2D eigenvalue weighted by Gasteiger charge is 2.20. The first-order chi connectivity index (χ1) is 11.6. The fraction of sp³-hybridized carbons (Fsp3) is 0.529. The van der Waals surface area contributed by atoms with E-state index in [1.807, 2.05) is 13.8 Å². The van der Waals surface area contributed by atoms with E-state index < -0.39 is 0 Å². The Balaban J connectivity index is 1.77. The number of hydrogen-bond donors (Lipinski definition) is 1. The Kier molecular flexibility index (Phi) is 5.08. The van der Waals surface area contributed by atoms with Gasteiger partial charge >= 0.3 is 0 Å². The second-order valence-electron chi connectivity index (χ2n) is 6.04. The van der Waals surface area contributed by atoms with Gasteiger partial charge in [-0.25, -0.2) is 4.68 Å². The van der Waals surface area contributed by atoms with Crippen LogP contribution in [0.15, 0.2) is 16.4 Å². The van der Waals surface area contributed by atoms with Crippen LogP contribution in [0.2, 0.25) is 0 Å². The van der Waals surface area contributed by atoms with Gasteiger partial charge in [0, 0.05) is 18.0 Å². The molecule has 0 atom stereocenters. The summed E-state index contributed by atoms with van der Waals surface area (Å²) in [7, 11) is 0. The first-order valence-electron chi connectivity index (χ1n) is 8.44. The highest BCUT2D eigenvalue weighted by Crippen LogP contribution is 2.26. The second-order valence-corrected chi connectivity index (χ2v) is 7.26. The Morgan fingerprint density at radius 2 is 2.25 bits per heavy atom. The van der Waals surface area contributed by atoms with E-state index in [1.165, 1.54) is 34.4 Å². The fourth-order valence-electron chi connectivity index (χ4n) is 3.06. The summed E-state index contributed by atoms with van der Waals surface area (Å²) in [6.07, 6.45) is 7.98. The first-order valence-corrected chi connectivity index (χ1v) is 9.26. The molecule has 0 saturated heterocycles. The minimum Gasteiger partial charge on any atom is -0.352 e. The Morgan fingerprint density at radius 3 is 2.96 bits per heavy atom. The molecule has 0 radical (unpaired) electrons. The summed E-state index contributed by atoms with van der Waals surface area (Å²) in [6, 6.07) is 0. The van der Waals surface area contributed by atoms with Crippen LogP contribution in [-0.2, 0) is 6.54 Å². The van der Waals surface area contributed by atoms with Crippen LogP contribution in [-0.4, -0.2) is 27.4 Å². The lowest BCUT2D eigenvalue weighted by Gasteiger charge is -2.12. The van der Waals surface area contributed by atoms with Crippen LogP contribution in [0.3, 0.4) is 0 Å². The Morgan fingerprint density at radius 1 is 1.42 bits per heavy atom. The monoisotopic (exact) mass is 346 g/mol. The fourth-order valence-corrected chi connectivity index (χ4v) is 4.09. The number of rotatable bonds is 5. The Hall–Kier alpha value is -2.02. The van der Waals surface area contributed by atoms with Gasteiger partial charge in [-0.2, -0.15) is 0 Å². The summed E-state index contributed by atoms with van der Waals surface area (Å²) in [5.74, 6) is -0.168. The number of fused-ring (bicyclic) bond motifs is 1. The van der Waals surface area contributed by atoms with Gasteiger partial charge < -0.3 is 5.32 Å². The number of carbonyl (C=O) groups excluding carboxylic acids is 1. The number of thiophene rings is 1. The molecule has 2 aromatic heterocycles. The molecular weight excluding hydrogens is 324 g/mol. The number of nitrogens with zero attached hydrogens (tertiary/aromatic N) is 3. The van der Waals surface area contributed by atoms with Crippen LogP contribution in [0.25, 0.3) is 10.2 Å². The van der Waals surface area contributed by atoms with Crippen LogP contribution in [0.5, 0.6) is 0 Å². The average Bonchev–Trinajstić information content (AvgIpc) is 2.93. The molecule has 0 saturated carbocycles. The van der Waals surface area contributed by atoms with Gasteiger partial charge in [0.25, 0.3) is 11.5 Å². The maximum absolute atomic E-state index is 12.5. The number of hydrogen-bond acceptors (Lipinski definition) is 5. The maximum atomic E-state index is 12.5. The molecule has 6 nitrogen and oxygen atoms in total. The van der Waals surface area contributed by atoms with Crippen molar-refractivity contribution in [1.29, 1.82) is 0 Å². The smallest absolute Gasteiger partial charge is 0.287 e. The van der Waals surface area contributed by atoms with Crippen molar-refractivity contribution in [3.8, 4) is 0 Å². The molecule has 1 amide bonds. The summed E-state index contributed by atoms with van der Waals surface area (Å²) >= 11 is 1.32. The molecule has 0 unspecified atom stereocenters. The first kappa shape index (κ1) is 16.8. The third kappa shape index (κ3) is 3.26. The van der Waals surface area contributed by atoms with E-state index in [2.05, 4.69) is 21.7 Å². The van der Waals surface area contributed by atoms with Gasteiger partial charge in [0.05, 0.1) is 5.56 Å². The van der Waals surface area contributed by atoms with Crippen LogP contribution in [0.1, 0.15) is 54.3 Å². The molecule has 0 spiro atoms. The van der Waals surface area contributed by atoms with Crippen molar-refractivity contribution in [1.82, 2.24) is 20.3 Å². The largest absolute Gasteiger partial charge is 0.352 e. The number of aromatic nitrogens is 3. The zero-order chi connectivity index (χ0) is 17.1. The van der Waals surface area contributed by atoms with E-state index in [4.69, 9.17) is 0 Å². The lowest BCUT2D eigenvalue weighted by Crippen LogP contribution is -2.26. The molecule has 1 aliphatic rings. The second kappa shape index (κ2) is 7.25. The topological polar surface area (TPSA) is 76.9 Å². The van der Waals surface area contributed by atoms with Gasteiger partial charge in [0.2, 0.25) is 0 Å². The molecular formula is C17H22N4O2S. The molecule has 2 aromatic rings. The molecule has 0 aromatic carbocycles. The number of carbonyl (C=O) groups is 1. The summed E-state index contributed by atoms with van der Waals surface area (Å²) in [5, 5.41) is 11.0. The third-order valence-electron chi connectivity index (χ3n) is 4.38. The zero-order valence-corrected chi connectivity index (χ0v) is 14.9. The molecule has 0 fully saturated rings. The molecule has 1 N–H and O–H groups in total. The molecule has 3 rings (SSSR count). The van der Waals surface area contributed by atoms with Crippen molar-refractivity contribution in [3.05, 3.63) is 32.4 Å². The number of aryl methyl sites for hydroxylation is 2. The maximum Gasteiger partial charge on any atom is 0.287 e. The minimum absolute atomic E-state index is 0.168. The zero-order valence-electron chi connectivity index (χ0n) is 14.1. The predicted octanol–water partition coefficient (Wildman–Crippen LogP) is 2.80. The van der Waals surface area contributed by atoms with Crippen LogP contribution < -0.4 is 10.9 Å². The van der Waals surface area contributed by atoms with Crippen molar-refractivity contribution < 1.29 is 4.79 Å². The SMILES string of the molecule is CCn1nnc2c(C(=O)NCCC3=CCCCC3)c(C)sc2c1=O. The molecule has 128 valence electrons. The Bertz CT molecular complexity index is 850.